The van der Waals surface area contributed by atoms with Crippen LogP contribution in [0.2, 0.25) is 0 Å². The van der Waals surface area contributed by atoms with Crippen molar-refractivity contribution in [1.29, 1.82) is 0 Å². The molecule has 0 aliphatic carbocycles. The lowest BCUT2D eigenvalue weighted by Crippen LogP contribution is -2.51. The molecule has 3 heteroatoms. The van der Waals surface area contributed by atoms with E-state index in [2.05, 4.69) is 68.2 Å². The summed E-state index contributed by atoms with van der Waals surface area (Å²) in [6.45, 7) is 11.6. The zero-order valence-corrected chi connectivity index (χ0v) is 13.2. The van der Waals surface area contributed by atoms with Crippen molar-refractivity contribution in [2.24, 2.45) is 0 Å². The summed E-state index contributed by atoms with van der Waals surface area (Å²) in [5, 5.41) is 3.59. The van der Waals surface area contributed by atoms with E-state index in [9.17, 15) is 0 Å². The number of nitrogens with zero attached hydrogens (tertiary/aromatic N) is 1. The highest BCUT2D eigenvalue weighted by Crippen LogP contribution is 2.26. The van der Waals surface area contributed by atoms with E-state index in [0.29, 0.717) is 24.2 Å². The summed E-state index contributed by atoms with van der Waals surface area (Å²) in [6.07, 6.45) is 0.316. The number of benzene rings is 1. The number of hydrogen-bond donors (Lipinski definition) is 1. The van der Waals surface area contributed by atoms with E-state index in [4.69, 9.17) is 4.74 Å². The Balaban J connectivity index is 2.16. The summed E-state index contributed by atoms with van der Waals surface area (Å²) in [5.74, 6) is 0. The minimum atomic E-state index is 0.316. The fourth-order valence-corrected chi connectivity index (χ4v) is 2.81. The van der Waals surface area contributed by atoms with Gasteiger partial charge in [-0.3, -0.25) is 4.90 Å². The number of rotatable bonds is 5. The predicted octanol–water partition coefficient (Wildman–Crippen LogP) is 2.83. The fraction of sp³-hybridized carbons (Fsp3) is 0.647. The monoisotopic (exact) mass is 276 g/mol. The molecule has 0 amide bonds. The molecule has 3 nitrogen and oxygen atoms in total. The molecule has 0 radical (unpaired) electrons. The number of morpholine rings is 1. The predicted molar refractivity (Wildman–Crippen MR) is 83.9 cm³/mol. The average Bonchev–Trinajstić information content (AvgIpc) is 2.43. The van der Waals surface area contributed by atoms with Gasteiger partial charge in [-0.1, -0.05) is 44.2 Å². The molecular formula is C17H28N2O. The third-order valence-corrected chi connectivity index (χ3v) is 3.96. The first-order valence-electron chi connectivity index (χ1n) is 7.73. The van der Waals surface area contributed by atoms with Gasteiger partial charge in [0.25, 0.3) is 0 Å². The van der Waals surface area contributed by atoms with Crippen LogP contribution < -0.4 is 5.32 Å². The second kappa shape index (κ2) is 7.21. The van der Waals surface area contributed by atoms with Gasteiger partial charge in [0.1, 0.15) is 0 Å². The van der Waals surface area contributed by atoms with Crippen molar-refractivity contribution in [1.82, 2.24) is 10.2 Å². The first kappa shape index (κ1) is 15.5. The molecule has 0 saturated carbocycles. The van der Waals surface area contributed by atoms with Gasteiger partial charge in [-0.25, -0.2) is 0 Å². The van der Waals surface area contributed by atoms with Crippen molar-refractivity contribution >= 4 is 0 Å². The summed E-state index contributed by atoms with van der Waals surface area (Å²) in [4.78, 5) is 2.58. The Morgan fingerprint density at radius 3 is 2.60 bits per heavy atom. The van der Waals surface area contributed by atoms with Crippen molar-refractivity contribution < 1.29 is 4.74 Å². The summed E-state index contributed by atoms with van der Waals surface area (Å²) < 4.78 is 5.77. The molecular weight excluding hydrogens is 248 g/mol. The van der Waals surface area contributed by atoms with Gasteiger partial charge < -0.3 is 10.1 Å². The van der Waals surface area contributed by atoms with E-state index < -0.39 is 0 Å². The molecule has 20 heavy (non-hydrogen) atoms. The van der Waals surface area contributed by atoms with Gasteiger partial charge >= 0.3 is 0 Å². The van der Waals surface area contributed by atoms with Crippen molar-refractivity contribution in [2.75, 3.05) is 19.7 Å². The zero-order chi connectivity index (χ0) is 14.5. The Morgan fingerprint density at radius 2 is 1.95 bits per heavy atom. The summed E-state index contributed by atoms with van der Waals surface area (Å²) >= 11 is 0. The van der Waals surface area contributed by atoms with E-state index >= 15 is 0 Å². The Hall–Kier alpha value is -0.900. The number of ether oxygens (including phenoxy) is 1. The molecule has 2 rings (SSSR count). The largest absolute Gasteiger partial charge is 0.376 e. The molecule has 1 aromatic carbocycles. The summed E-state index contributed by atoms with van der Waals surface area (Å²) in [5.41, 5.74) is 1.39. The molecule has 112 valence electrons. The fourth-order valence-electron chi connectivity index (χ4n) is 2.81. The lowest BCUT2D eigenvalue weighted by molar-refractivity contribution is -0.0666. The van der Waals surface area contributed by atoms with E-state index in [1.165, 1.54) is 5.56 Å². The van der Waals surface area contributed by atoms with Gasteiger partial charge in [0.15, 0.2) is 0 Å². The Morgan fingerprint density at radius 1 is 1.25 bits per heavy atom. The van der Waals surface area contributed by atoms with Crippen molar-refractivity contribution in [3.8, 4) is 0 Å². The van der Waals surface area contributed by atoms with Gasteiger partial charge in [-0.15, -0.1) is 0 Å². The van der Waals surface area contributed by atoms with Gasteiger partial charge in [0.2, 0.25) is 0 Å². The van der Waals surface area contributed by atoms with Crippen LogP contribution in [0.4, 0.5) is 0 Å². The molecule has 0 spiro atoms. The summed E-state index contributed by atoms with van der Waals surface area (Å²) in [7, 11) is 0. The highest BCUT2D eigenvalue weighted by Gasteiger charge is 2.30. The van der Waals surface area contributed by atoms with Crippen LogP contribution in [-0.2, 0) is 4.74 Å². The van der Waals surface area contributed by atoms with Crippen LogP contribution in [0.25, 0.3) is 0 Å². The molecule has 3 atom stereocenters. The van der Waals surface area contributed by atoms with Gasteiger partial charge in [0.05, 0.1) is 12.7 Å². The van der Waals surface area contributed by atoms with Gasteiger partial charge in [-0.05, 0) is 19.4 Å². The highest BCUT2D eigenvalue weighted by molar-refractivity contribution is 5.20. The second-order valence-corrected chi connectivity index (χ2v) is 6.18. The Bertz CT molecular complexity index is 393. The average molecular weight is 276 g/mol. The van der Waals surface area contributed by atoms with Crippen LogP contribution >= 0.6 is 0 Å². The smallest absolute Gasteiger partial charge is 0.0675 e. The van der Waals surface area contributed by atoms with Crippen LogP contribution in [0.15, 0.2) is 30.3 Å². The van der Waals surface area contributed by atoms with Crippen LogP contribution in [0, 0.1) is 0 Å². The molecule has 1 aromatic rings. The molecule has 0 bridgehead atoms. The van der Waals surface area contributed by atoms with Crippen LogP contribution in [0.5, 0.6) is 0 Å². The zero-order valence-electron chi connectivity index (χ0n) is 13.2. The lowest BCUT2D eigenvalue weighted by Gasteiger charge is -2.42. The molecule has 1 saturated heterocycles. The molecule has 1 fully saturated rings. The van der Waals surface area contributed by atoms with Crippen LogP contribution in [0.1, 0.15) is 39.3 Å². The molecule has 1 heterocycles. The van der Waals surface area contributed by atoms with E-state index in [-0.39, 0.29) is 0 Å². The van der Waals surface area contributed by atoms with Gasteiger partial charge in [0, 0.05) is 31.2 Å². The van der Waals surface area contributed by atoms with Crippen molar-refractivity contribution in [2.45, 2.75) is 51.9 Å². The van der Waals surface area contributed by atoms with E-state index in [0.717, 1.165) is 19.7 Å². The minimum Gasteiger partial charge on any atom is -0.376 e. The normalized spacial score (nSPS) is 25.9. The first-order chi connectivity index (χ1) is 9.58. The second-order valence-electron chi connectivity index (χ2n) is 6.18. The maximum atomic E-state index is 5.77. The Labute approximate surface area is 123 Å². The van der Waals surface area contributed by atoms with E-state index in [1.807, 2.05) is 0 Å². The maximum Gasteiger partial charge on any atom is 0.0675 e. The first-order valence-corrected chi connectivity index (χ1v) is 7.73. The van der Waals surface area contributed by atoms with Crippen molar-refractivity contribution in [3.63, 3.8) is 0 Å². The highest BCUT2D eigenvalue weighted by atomic mass is 16.5. The van der Waals surface area contributed by atoms with Crippen LogP contribution in [0.3, 0.4) is 0 Å². The molecule has 0 aromatic heterocycles. The number of hydrogen-bond acceptors (Lipinski definition) is 3. The molecule has 1 N–H and O–H groups in total. The maximum absolute atomic E-state index is 5.77. The minimum absolute atomic E-state index is 0.316. The molecule has 1 aliphatic heterocycles. The number of nitrogens with one attached hydrogen (secondary N) is 1. The topological polar surface area (TPSA) is 24.5 Å². The molecule has 1 aliphatic rings. The van der Waals surface area contributed by atoms with E-state index in [1.54, 1.807) is 0 Å². The molecule has 3 unspecified atom stereocenters. The third kappa shape index (κ3) is 4.05. The third-order valence-electron chi connectivity index (χ3n) is 3.96. The van der Waals surface area contributed by atoms with Crippen LogP contribution in [-0.4, -0.2) is 42.8 Å². The SMILES string of the molecule is CC(C)NCC(c1ccccc1)N1CC(C)OCC1C. The van der Waals surface area contributed by atoms with Crippen molar-refractivity contribution in [3.05, 3.63) is 35.9 Å². The van der Waals surface area contributed by atoms with Gasteiger partial charge in [-0.2, -0.15) is 0 Å². The summed E-state index contributed by atoms with van der Waals surface area (Å²) in [6, 6.07) is 12.2. The quantitative estimate of drug-likeness (QED) is 0.895. The Kier molecular flexibility index (Phi) is 5.58. The lowest BCUT2D eigenvalue weighted by atomic mass is 10.0. The standard InChI is InChI=1S/C17H28N2O/c1-13(2)18-10-17(16-8-6-5-7-9-16)19-11-15(4)20-12-14(19)3/h5-9,13-15,17-18H,10-12H2,1-4H3.